The molecule has 1 atom stereocenters. The Morgan fingerprint density at radius 3 is 3.10 bits per heavy atom. The van der Waals surface area contributed by atoms with Gasteiger partial charge < -0.3 is 20.4 Å². The van der Waals surface area contributed by atoms with E-state index >= 15 is 0 Å². The third-order valence-corrected chi connectivity index (χ3v) is 3.39. The number of methoxy groups -OCH3 is 1. The van der Waals surface area contributed by atoms with Crippen LogP contribution < -0.4 is 11.1 Å². The van der Waals surface area contributed by atoms with Gasteiger partial charge in [-0.05, 0) is 19.8 Å². The van der Waals surface area contributed by atoms with E-state index in [0.29, 0.717) is 19.1 Å². The summed E-state index contributed by atoms with van der Waals surface area (Å²) in [5, 5.41) is 11.6. The van der Waals surface area contributed by atoms with Crippen molar-refractivity contribution < 1.29 is 4.74 Å². The van der Waals surface area contributed by atoms with Gasteiger partial charge in [0.25, 0.3) is 0 Å². The highest BCUT2D eigenvalue weighted by Gasteiger charge is 2.14. The standard InChI is InChI=1S/C13H24N6O/c1-10(9-20-2)16-13(14)15-8-12-18-17-11-6-4-3-5-7-19(11)12/h10H,3-9H2,1-2H3,(H3,14,15,16). The molecule has 1 aliphatic rings. The first kappa shape index (κ1) is 14.8. The maximum Gasteiger partial charge on any atom is 0.189 e. The average Bonchev–Trinajstić information content (AvgIpc) is 2.64. The topological polar surface area (TPSA) is 90.3 Å². The van der Waals surface area contributed by atoms with Crippen molar-refractivity contribution in [3.05, 3.63) is 11.6 Å². The van der Waals surface area contributed by atoms with Crippen LogP contribution in [0.4, 0.5) is 0 Å². The van der Waals surface area contributed by atoms with E-state index in [4.69, 9.17) is 10.5 Å². The zero-order chi connectivity index (χ0) is 14.4. The van der Waals surface area contributed by atoms with Gasteiger partial charge in [-0.25, -0.2) is 4.99 Å². The summed E-state index contributed by atoms with van der Waals surface area (Å²) in [6, 6.07) is 0.138. The minimum Gasteiger partial charge on any atom is -0.383 e. The van der Waals surface area contributed by atoms with E-state index in [-0.39, 0.29) is 6.04 Å². The van der Waals surface area contributed by atoms with E-state index in [0.717, 1.165) is 24.6 Å². The number of aliphatic imine (C=N–C) groups is 1. The highest BCUT2D eigenvalue weighted by atomic mass is 16.5. The van der Waals surface area contributed by atoms with E-state index in [1.807, 2.05) is 6.92 Å². The monoisotopic (exact) mass is 280 g/mol. The van der Waals surface area contributed by atoms with Crippen LogP contribution in [0.3, 0.4) is 0 Å². The fourth-order valence-electron chi connectivity index (χ4n) is 2.41. The van der Waals surface area contributed by atoms with Crippen molar-refractivity contribution in [3.8, 4) is 0 Å². The third kappa shape index (κ3) is 3.93. The first-order valence-electron chi connectivity index (χ1n) is 7.17. The van der Waals surface area contributed by atoms with E-state index in [2.05, 4.69) is 25.1 Å². The summed E-state index contributed by atoms with van der Waals surface area (Å²) in [6.07, 6.45) is 4.64. The van der Waals surface area contributed by atoms with Gasteiger partial charge in [0.1, 0.15) is 12.4 Å². The number of aryl methyl sites for hydroxylation is 1. The minimum atomic E-state index is 0.138. The lowest BCUT2D eigenvalue weighted by Crippen LogP contribution is -2.40. The zero-order valence-corrected chi connectivity index (χ0v) is 12.3. The molecule has 0 saturated heterocycles. The van der Waals surface area contributed by atoms with E-state index in [9.17, 15) is 0 Å². The van der Waals surface area contributed by atoms with Crippen LogP contribution in [-0.4, -0.2) is 40.5 Å². The number of nitrogens with one attached hydrogen (secondary N) is 1. The Labute approximate surface area is 119 Å². The Hall–Kier alpha value is -1.63. The van der Waals surface area contributed by atoms with Gasteiger partial charge in [-0.3, -0.25) is 0 Å². The van der Waals surface area contributed by atoms with Crippen molar-refractivity contribution >= 4 is 5.96 Å². The Morgan fingerprint density at radius 2 is 2.30 bits per heavy atom. The van der Waals surface area contributed by atoms with Crippen LogP contribution in [0.25, 0.3) is 0 Å². The Bertz CT molecular complexity index is 456. The molecule has 0 fully saturated rings. The second kappa shape index (κ2) is 7.23. The summed E-state index contributed by atoms with van der Waals surface area (Å²) < 4.78 is 7.23. The number of ether oxygens (including phenoxy) is 1. The summed E-state index contributed by atoms with van der Waals surface area (Å²) in [5.74, 6) is 2.39. The molecule has 0 radical (unpaired) electrons. The van der Waals surface area contributed by atoms with Gasteiger partial charge in [0, 0.05) is 26.1 Å². The highest BCUT2D eigenvalue weighted by Crippen LogP contribution is 2.14. The minimum absolute atomic E-state index is 0.138. The van der Waals surface area contributed by atoms with Gasteiger partial charge in [-0.2, -0.15) is 0 Å². The molecule has 1 unspecified atom stereocenters. The summed E-state index contributed by atoms with van der Waals surface area (Å²) in [7, 11) is 1.66. The van der Waals surface area contributed by atoms with Crippen LogP contribution >= 0.6 is 0 Å². The molecule has 3 N–H and O–H groups in total. The van der Waals surface area contributed by atoms with Crippen LogP contribution in [0.2, 0.25) is 0 Å². The molecular weight excluding hydrogens is 256 g/mol. The molecule has 0 bridgehead atoms. The van der Waals surface area contributed by atoms with Crippen molar-refractivity contribution in [2.45, 2.75) is 51.7 Å². The molecule has 7 heteroatoms. The largest absolute Gasteiger partial charge is 0.383 e. The van der Waals surface area contributed by atoms with E-state index in [1.165, 1.54) is 19.3 Å². The molecular formula is C13H24N6O. The Balaban J connectivity index is 1.95. The van der Waals surface area contributed by atoms with Gasteiger partial charge in [0.15, 0.2) is 11.8 Å². The summed E-state index contributed by atoms with van der Waals surface area (Å²) in [4.78, 5) is 4.33. The van der Waals surface area contributed by atoms with Crippen molar-refractivity contribution in [2.75, 3.05) is 13.7 Å². The van der Waals surface area contributed by atoms with Crippen LogP contribution in [-0.2, 0) is 24.2 Å². The summed E-state index contributed by atoms with van der Waals surface area (Å²) >= 11 is 0. The zero-order valence-electron chi connectivity index (χ0n) is 12.3. The predicted octanol–water partition coefficient (Wildman–Crippen LogP) is 0.444. The number of fused-ring (bicyclic) bond motifs is 1. The maximum absolute atomic E-state index is 5.85. The normalized spacial score (nSPS) is 17.4. The molecule has 1 aromatic rings. The lowest BCUT2D eigenvalue weighted by atomic mass is 10.2. The van der Waals surface area contributed by atoms with Crippen LogP contribution in [0.15, 0.2) is 4.99 Å². The summed E-state index contributed by atoms with van der Waals surface area (Å²) in [5.41, 5.74) is 5.85. The smallest absolute Gasteiger partial charge is 0.189 e. The molecule has 1 aromatic heterocycles. The molecule has 2 rings (SSSR count). The van der Waals surface area contributed by atoms with Gasteiger partial charge >= 0.3 is 0 Å². The number of rotatable bonds is 5. The van der Waals surface area contributed by atoms with Crippen molar-refractivity contribution in [3.63, 3.8) is 0 Å². The predicted molar refractivity (Wildman–Crippen MR) is 77.4 cm³/mol. The van der Waals surface area contributed by atoms with Gasteiger partial charge in [0.05, 0.1) is 6.61 Å². The lowest BCUT2D eigenvalue weighted by molar-refractivity contribution is 0.179. The molecule has 20 heavy (non-hydrogen) atoms. The van der Waals surface area contributed by atoms with Crippen LogP contribution in [0.5, 0.6) is 0 Å². The van der Waals surface area contributed by atoms with Crippen molar-refractivity contribution in [2.24, 2.45) is 10.7 Å². The maximum atomic E-state index is 5.85. The number of nitrogens with two attached hydrogens (primary N) is 1. The Morgan fingerprint density at radius 1 is 1.45 bits per heavy atom. The second-order valence-corrected chi connectivity index (χ2v) is 5.20. The fraction of sp³-hybridized carbons (Fsp3) is 0.769. The number of nitrogens with zero attached hydrogens (tertiary/aromatic N) is 4. The molecule has 1 aliphatic heterocycles. The Kier molecular flexibility index (Phi) is 5.34. The van der Waals surface area contributed by atoms with Crippen LogP contribution in [0, 0.1) is 0 Å². The summed E-state index contributed by atoms with van der Waals surface area (Å²) in [6.45, 7) is 4.04. The highest BCUT2D eigenvalue weighted by molar-refractivity contribution is 5.78. The SMILES string of the molecule is COCC(C)NC(N)=NCc1nnc2n1CCCCC2. The first-order chi connectivity index (χ1) is 9.70. The molecule has 0 spiro atoms. The van der Waals surface area contributed by atoms with E-state index < -0.39 is 0 Å². The lowest BCUT2D eigenvalue weighted by Gasteiger charge is -2.13. The molecule has 112 valence electrons. The van der Waals surface area contributed by atoms with E-state index in [1.54, 1.807) is 7.11 Å². The number of hydrogen-bond donors (Lipinski definition) is 2. The molecule has 0 amide bonds. The van der Waals surface area contributed by atoms with Crippen LogP contribution in [0.1, 0.15) is 37.8 Å². The average molecular weight is 280 g/mol. The number of hydrogen-bond acceptors (Lipinski definition) is 4. The van der Waals surface area contributed by atoms with Gasteiger partial charge in [0.2, 0.25) is 0 Å². The fourth-order valence-corrected chi connectivity index (χ4v) is 2.41. The number of aromatic nitrogens is 3. The van der Waals surface area contributed by atoms with Gasteiger partial charge in [-0.1, -0.05) is 6.42 Å². The van der Waals surface area contributed by atoms with Gasteiger partial charge in [-0.15, -0.1) is 10.2 Å². The second-order valence-electron chi connectivity index (χ2n) is 5.20. The molecule has 0 aromatic carbocycles. The molecule has 0 aliphatic carbocycles. The molecule has 7 nitrogen and oxygen atoms in total. The van der Waals surface area contributed by atoms with Crippen molar-refractivity contribution in [1.29, 1.82) is 0 Å². The molecule has 0 saturated carbocycles. The first-order valence-corrected chi connectivity index (χ1v) is 7.17. The molecule has 2 heterocycles. The number of guanidine groups is 1. The third-order valence-electron chi connectivity index (χ3n) is 3.39. The quantitative estimate of drug-likeness (QED) is 0.603. The van der Waals surface area contributed by atoms with Crippen molar-refractivity contribution in [1.82, 2.24) is 20.1 Å².